The second-order valence-corrected chi connectivity index (χ2v) is 9.17. The lowest BCUT2D eigenvalue weighted by atomic mass is 9.98. The van der Waals surface area contributed by atoms with Crippen LogP contribution in [0.5, 0.6) is 0 Å². The van der Waals surface area contributed by atoms with Crippen molar-refractivity contribution < 1.29 is 36.3 Å². The average Bonchev–Trinajstić information content (AvgIpc) is 2.83. The molecule has 0 spiro atoms. The highest BCUT2D eigenvalue weighted by Crippen LogP contribution is 2.25. The van der Waals surface area contributed by atoms with E-state index in [2.05, 4.69) is 10.9 Å². The molecule has 0 aromatic heterocycles. The zero-order chi connectivity index (χ0) is 24.0. The minimum absolute atomic E-state index is 0.0274. The van der Waals surface area contributed by atoms with Crippen LogP contribution in [0.15, 0.2) is 53.4 Å². The van der Waals surface area contributed by atoms with Gasteiger partial charge in [-0.2, -0.15) is 4.31 Å². The van der Waals surface area contributed by atoms with E-state index in [1.165, 1.54) is 0 Å². The number of nitrogens with one attached hydrogen (secondary N) is 2. The molecule has 0 aliphatic carbocycles. The number of rotatable bonds is 6. The fraction of sp³-hybridized carbons (Fsp3) is 0.286. The van der Waals surface area contributed by atoms with Crippen molar-refractivity contribution in [3.8, 4) is 0 Å². The van der Waals surface area contributed by atoms with Crippen LogP contribution in [-0.2, 0) is 24.3 Å². The summed E-state index contributed by atoms with van der Waals surface area (Å²) in [6, 6.07) is 10.5. The smallest absolute Gasteiger partial charge is 0.309 e. The van der Waals surface area contributed by atoms with Gasteiger partial charge in [0.25, 0.3) is 11.8 Å². The molecular formula is C21H21F2N3O6S. The van der Waals surface area contributed by atoms with Gasteiger partial charge in [-0.15, -0.1) is 0 Å². The van der Waals surface area contributed by atoms with Crippen molar-refractivity contribution in [2.24, 2.45) is 5.92 Å². The number of carbonyl (C=O) groups excluding carboxylic acids is 3. The molecule has 9 nitrogen and oxygen atoms in total. The van der Waals surface area contributed by atoms with Gasteiger partial charge < -0.3 is 4.74 Å². The molecule has 0 unspecified atom stereocenters. The molecule has 0 radical (unpaired) electrons. The number of piperidine rings is 1. The van der Waals surface area contributed by atoms with Crippen molar-refractivity contribution in [3.63, 3.8) is 0 Å². The standard InChI is InChI=1S/C21H21F2N3O6S/c22-17-7-6-16(12-18(17)23)33(30,31)26-10-8-15(9-11-26)21(29)32-13-19(27)24-25-20(28)14-4-2-1-3-5-14/h1-7,12,15H,8-11,13H2,(H,24,27)(H,25,28). The monoisotopic (exact) mass is 481 g/mol. The minimum atomic E-state index is -4.04. The van der Waals surface area contributed by atoms with E-state index in [1.807, 2.05) is 0 Å². The van der Waals surface area contributed by atoms with Gasteiger partial charge in [-0.05, 0) is 43.2 Å². The number of ether oxygens (including phenoxy) is 1. The Bertz CT molecular complexity index is 1140. The lowest BCUT2D eigenvalue weighted by Gasteiger charge is -2.30. The molecule has 3 rings (SSSR count). The largest absolute Gasteiger partial charge is 0.455 e. The summed E-state index contributed by atoms with van der Waals surface area (Å²) >= 11 is 0. The third-order valence-electron chi connectivity index (χ3n) is 5.01. The zero-order valence-corrected chi connectivity index (χ0v) is 18.1. The molecule has 176 valence electrons. The molecule has 0 bridgehead atoms. The van der Waals surface area contributed by atoms with Crippen molar-refractivity contribution in [1.82, 2.24) is 15.2 Å². The number of esters is 1. The predicted octanol–water partition coefficient (Wildman–Crippen LogP) is 1.37. The summed E-state index contributed by atoms with van der Waals surface area (Å²) < 4.78 is 57.7. The Labute approximate surface area is 188 Å². The van der Waals surface area contributed by atoms with E-state index in [-0.39, 0.29) is 30.8 Å². The number of carbonyl (C=O) groups is 3. The summed E-state index contributed by atoms with van der Waals surface area (Å²) in [6.45, 7) is -0.678. The van der Waals surface area contributed by atoms with E-state index in [4.69, 9.17) is 4.74 Å². The van der Waals surface area contributed by atoms with Crippen LogP contribution in [-0.4, -0.2) is 50.2 Å². The predicted molar refractivity (Wildman–Crippen MR) is 111 cm³/mol. The average molecular weight is 481 g/mol. The first-order valence-corrected chi connectivity index (χ1v) is 11.4. The van der Waals surface area contributed by atoms with Crippen LogP contribution in [0.4, 0.5) is 8.78 Å². The Morgan fingerprint density at radius 2 is 1.64 bits per heavy atom. The SMILES string of the molecule is O=C(COC(=O)C1CCN(S(=O)(=O)c2ccc(F)c(F)c2)CC1)NNC(=O)c1ccccc1. The maximum Gasteiger partial charge on any atom is 0.309 e. The lowest BCUT2D eigenvalue weighted by molar-refractivity contribution is -0.153. The van der Waals surface area contributed by atoms with E-state index in [0.717, 1.165) is 16.4 Å². The molecule has 1 heterocycles. The van der Waals surface area contributed by atoms with Gasteiger partial charge in [0, 0.05) is 18.7 Å². The Morgan fingerprint density at radius 3 is 2.27 bits per heavy atom. The highest BCUT2D eigenvalue weighted by atomic mass is 32.2. The molecule has 1 fully saturated rings. The van der Waals surface area contributed by atoms with Crippen LogP contribution >= 0.6 is 0 Å². The highest BCUT2D eigenvalue weighted by molar-refractivity contribution is 7.89. The maximum atomic E-state index is 13.4. The topological polar surface area (TPSA) is 122 Å². The van der Waals surface area contributed by atoms with Gasteiger partial charge >= 0.3 is 5.97 Å². The van der Waals surface area contributed by atoms with Crippen molar-refractivity contribution in [2.75, 3.05) is 19.7 Å². The van der Waals surface area contributed by atoms with Crippen LogP contribution in [0, 0.1) is 17.6 Å². The normalized spacial score (nSPS) is 15.0. The molecule has 2 aromatic carbocycles. The van der Waals surface area contributed by atoms with E-state index >= 15 is 0 Å². The number of amides is 2. The Morgan fingerprint density at radius 1 is 0.970 bits per heavy atom. The summed E-state index contributed by atoms with van der Waals surface area (Å²) in [7, 11) is -4.04. The van der Waals surface area contributed by atoms with Gasteiger partial charge in [0.05, 0.1) is 10.8 Å². The third-order valence-corrected chi connectivity index (χ3v) is 6.91. The van der Waals surface area contributed by atoms with E-state index in [0.29, 0.717) is 11.6 Å². The molecule has 2 amide bonds. The van der Waals surface area contributed by atoms with E-state index < -0.39 is 52.0 Å². The molecule has 33 heavy (non-hydrogen) atoms. The number of halogens is 2. The Kier molecular flexibility index (Phi) is 7.71. The summed E-state index contributed by atoms with van der Waals surface area (Å²) in [5.74, 6) is -5.01. The number of hydrogen-bond acceptors (Lipinski definition) is 6. The molecule has 0 saturated carbocycles. The second kappa shape index (κ2) is 10.5. The van der Waals surface area contributed by atoms with Crippen molar-refractivity contribution in [3.05, 3.63) is 65.7 Å². The minimum Gasteiger partial charge on any atom is -0.455 e. The van der Waals surface area contributed by atoms with Crippen LogP contribution in [0.3, 0.4) is 0 Å². The molecular weight excluding hydrogens is 460 g/mol. The Balaban J connectivity index is 1.44. The molecule has 1 saturated heterocycles. The summed E-state index contributed by atoms with van der Waals surface area (Å²) in [5, 5.41) is 0. The molecule has 12 heteroatoms. The zero-order valence-electron chi connectivity index (χ0n) is 17.3. The summed E-state index contributed by atoms with van der Waals surface area (Å²) in [4.78, 5) is 35.5. The molecule has 2 aromatic rings. The third kappa shape index (κ3) is 6.11. The quantitative estimate of drug-likeness (QED) is 0.475. The van der Waals surface area contributed by atoms with Gasteiger partial charge in [0.2, 0.25) is 10.0 Å². The van der Waals surface area contributed by atoms with Gasteiger partial charge in [-0.3, -0.25) is 25.2 Å². The molecule has 1 aliphatic heterocycles. The second-order valence-electron chi connectivity index (χ2n) is 7.23. The van der Waals surface area contributed by atoms with Crippen molar-refractivity contribution in [2.45, 2.75) is 17.7 Å². The van der Waals surface area contributed by atoms with Gasteiger partial charge in [0.1, 0.15) is 0 Å². The first-order chi connectivity index (χ1) is 15.7. The summed E-state index contributed by atoms with van der Waals surface area (Å²) in [5.41, 5.74) is 4.66. The molecule has 1 aliphatic rings. The fourth-order valence-corrected chi connectivity index (χ4v) is 4.68. The number of nitrogens with zero attached hydrogens (tertiary/aromatic N) is 1. The van der Waals surface area contributed by atoms with E-state index in [1.54, 1.807) is 30.3 Å². The lowest BCUT2D eigenvalue weighted by Crippen LogP contribution is -2.44. The maximum absolute atomic E-state index is 13.4. The number of hydrogen-bond donors (Lipinski definition) is 2. The van der Waals surface area contributed by atoms with Gasteiger partial charge in [0.15, 0.2) is 18.2 Å². The van der Waals surface area contributed by atoms with Crippen molar-refractivity contribution in [1.29, 1.82) is 0 Å². The van der Waals surface area contributed by atoms with Gasteiger partial charge in [-0.1, -0.05) is 18.2 Å². The van der Waals surface area contributed by atoms with Crippen LogP contribution in [0.25, 0.3) is 0 Å². The van der Waals surface area contributed by atoms with E-state index in [9.17, 15) is 31.6 Å². The van der Waals surface area contributed by atoms with Crippen LogP contribution in [0.2, 0.25) is 0 Å². The van der Waals surface area contributed by atoms with Crippen LogP contribution in [0.1, 0.15) is 23.2 Å². The first kappa shape index (κ1) is 24.3. The summed E-state index contributed by atoms with van der Waals surface area (Å²) in [6.07, 6.45) is 0.266. The fourth-order valence-electron chi connectivity index (χ4n) is 3.20. The van der Waals surface area contributed by atoms with Gasteiger partial charge in [-0.25, -0.2) is 17.2 Å². The number of benzene rings is 2. The first-order valence-electron chi connectivity index (χ1n) is 9.94. The van der Waals surface area contributed by atoms with Crippen LogP contribution < -0.4 is 10.9 Å². The molecule has 0 atom stereocenters. The number of hydrazine groups is 1. The Hall–Kier alpha value is -3.38. The highest BCUT2D eigenvalue weighted by Gasteiger charge is 2.33. The van der Waals surface area contributed by atoms with Crippen molar-refractivity contribution >= 4 is 27.8 Å². The number of sulfonamides is 1. The molecule has 2 N–H and O–H groups in total.